The van der Waals surface area contributed by atoms with Crippen LogP contribution in [0.2, 0.25) is 0 Å². The van der Waals surface area contributed by atoms with Gasteiger partial charge in [0.2, 0.25) is 5.91 Å². The fourth-order valence-electron chi connectivity index (χ4n) is 3.22. The highest BCUT2D eigenvalue weighted by Crippen LogP contribution is 2.29. The van der Waals surface area contributed by atoms with Gasteiger partial charge in [0.05, 0.1) is 16.9 Å². The van der Waals surface area contributed by atoms with Crippen LogP contribution in [0, 0.1) is 0 Å². The van der Waals surface area contributed by atoms with Crippen molar-refractivity contribution in [1.29, 1.82) is 0 Å². The third-order valence-corrected chi connectivity index (χ3v) is 4.54. The van der Waals surface area contributed by atoms with Gasteiger partial charge in [0, 0.05) is 26.2 Å². The Labute approximate surface area is 126 Å². The number of rotatable bonds is 4. The summed E-state index contributed by atoms with van der Waals surface area (Å²) < 4.78 is 0. The van der Waals surface area contributed by atoms with Crippen LogP contribution in [-0.4, -0.2) is 47.4 Å². The molecule has 0 aromatic carbocycles. The largest absolute Gasteiger partial charge is 0.397 e. The lowest BCUT2D eigenvalue weighted by atomic mass is 9.97. The molecular formula is C16H26N4O. The summed E-state index contributed by atoms with van der Waals surface area (Å²) in [6, 6.07) is 0. The molecule has 1 heterocycles. The smallest absolute Gasteiger partial charge is 0.242 e. The Bertz CT molecular complexity index is 455. The molecule has 0 unspecified atom stereocenters. The summed E-state index contributed by atoms with van der Waals surface area (Å²) in [5, 5.41) is 0. The van der Waals surface area contributed by atoms with Crippen molar-refractivity contribution in [3.05, 3.63) is 36.7 Å². The van der Waals surface area contributed by atoms with E-state index in [-0.39, 0.29) is 5.91 Å². The zero-order valence-corrected chi connectivity index (χ0v) is 12.7. The van der Waals surface area contributed by atoms with Gasteiger partial charge < -0.3 is 21.3 Å². The number of nitrogens with two attached hydrogens (primary N) is 2. The van der Waals surface area contributed by atoms with Crippen molar-refractivity contribution in [1.82, 2.24) is 9.80 Å². The van der Waals surface area contributed by atoms with Crippen LogP contribution in [0.15, 0.2) is 36.7 Å². The van der Waals surface area contributed by atoms with Crippen molar-refractivity contribution in [2.24, 2.45) is 11.5 Å². The lowest BCUT2D eigenvalue weighted by Gasteiger charge is -2.40. The van der Waals surface area contributed by atoms with E-state index >= 15 is 0 Å². The number of piperazine rings is 1. The lowest BCUT2D eigenvalue weighted by molar-refractivity contribution is -0.138. The molecule has 1 saturated heterocycles. The highest BCUT2D eigenvalue weighted by atomic mass is 16.2. The van der Waals surface area contributed by atoms with Crippen LogP contribution in [0.5, 0.6) is 0 Å². The highest BCUT2D eigenvalue weighted by molar-refractivity contribution is 5.86. The predicted octanol–water partition coefficient (Wildman–Crippen LogP) is 0.944. The second kappa shape index (κ2) is 6.35. The van der Waals surface area contributed by atoms with Crippen LogP contribution in [0.25, 0.3) is 0 Å². The summed E-state index contributed by atoms with van der Waals surface area (Å²) in [6.07, 6.45) is 7.11. The maximum Gasteiger partial charge on any atom is 0.242 e. The van der Waals surface area contributed by atoms with Gasteiger partial charge in [0.25, 0.3) is 0 Å². The van der Waals surface area contributed by atoms with Gasteiger partial charge in [-0.1, -0.05) is 26.0 Å². The molecule has 116 valence electrons. The molecule has 1 aliphatic heterocycles. The summed E-state index contributed by atoms with van der Waals surface area (Å²) in [4.78, 5) is 16.6. The number of hydrogen-bond acceptors (Lipinski definition) is 4. The molecule has 2 rings (SSSR count). The van der Waals surface area contributed by atoms with E-state index in [1.165, 1.54) is 0 Å². The molecule has 4 N–H and O–H groups in total. The molecule has 1 amide bonds. The molecule has 0 radical (unpaired) electrons. The standard InChI is InChI=1S/C16H26N4O/c1-3-13(17)14(4-2)19-9-11-20(12-10-19)15(21)16(18)7-5-6-8-16/h3-4H,1-2,5-12,17-18H2/b14-13-. The predicted molar refractivity (Wildman–Crippen MR) is 85.1 cm³/mol. The first-order valence-electron chi connectivity index (χ1n) is 7.59. The molecule has 0 spiro atoms. The average molecular weight is 290 g/mol. The van der Waals surface area contributed by atoms with Crippen LogP contribution >= 0.6 is 0 Å². The number of amides is 1. The van der Waals surface area contributed by atoms with Crippen LogP contribution in [0.3, 0.4) is 0 Å². The van der Waals surface area contributed by atoms with Gasteiger partial charge in [-0.05, 0) is 25.0 Å². The molecule has 0 aromatic heterocycles. The Morgan fingerprint density at radius 3 is 2.00 bits per heavy atom. The summed E-state index contributed by atoms with van der Waals surface area (Å²) >= 11 is 0. The van der Waals surface area contributed by atoms with Crippen LogP contribution < -0.4 is 11.5 Å². The lowest BCUT2D eigenvalue weighted by Crippen LogP contribution is -2.58. The van der Waals surface area contributed by atoms with Crippen molar-refractivity contribution in [3.8, 4) is 0 Å². The summed E-state index contributed by atoms with van der Waals surface area (Å²) in [5.41, 5.74) is 13.1. The third kappa shape index (κ3) is 3.13. The molecule has 0 aromatic rings. The average Bonchev–Trinajstić information content (AvgIpc) is 2.96. The molecular weight excluding hydrogens is 264 g/mol. The summed E-state index contributed by atoms with van der Waals surface area (Å²) in [7, 11) is 0. The van der Waals surface area contributed by atoms with Crippen LogP contribution in [0.1, 0.15) is 25.7 Å². The van der Waals surface area contributed by atoms with Gasteiger partial charge in [-0.25, -0.2) is 0 Å². The van der Waals surface area contributed by atoms with Crippen molar-refractivity contribution >= 4 is 5.91 Å². The Kier molecular flexibility index (Phi) is 4.73. The van der Waals surface area contributed by atoms with E-state index in [4.69, 9.17) is 11.5 Å². The number of allylic oxidation sites excluding steroid dienone is 2. The highest BCUT2D eigenvalue weighted by Gasteiger charge is 2.40. The van der Waals surface area contributed by atoms with Gasteiger partial charge in [-0.2, -0.15) is 0 Å². The second-order valence-electron chi connectivity index (χ2n) is 5.89. The van der Waals surface area contributed by atoms with E-state index in [1.54, 1.807) is 12.2 Å². The molecule has 1 aliphatic carbocycles. The minimum Gasteiger partial charge on any atom is -0.397 e. The number of carbonyl (C=O) groups excluding carboxylic acids is 1. The quantitative estimate of drug-likeness (QED) is 0.756. The molecule has 2 fully saturated rings. The summed E-state index contributed by atoms with van der Waals surface area (Å²) in [5.74, 6) is 0.112. The first-order valence-corrected chi connectivity index (χ1v) is 7.59. The fourth-order valence-corrected chi connectivity index (χ4v) is 3.22. The van der Waals surface area contributed by atoms with E-state index < -0.39 is 5.54 Å². The van der Waals surface area contributed by atoms with Gasteiger partial charge in [-0.3, -0.25) is 4.79 Å². The zero-order valence-electron chi connectivity index (χ0n) is 12.7. The number of hydrogen-bond donors (Lipinski definition) is 2. The molecule has 0 atom stereocenters. The third-order valence-electron chi connectivity index (χ3n) is 4.54. The monoisotopic (exact) mass is 290 g/mol. The molecule has 1 saturated carbocycles. The van der Waals surface area contributed by atoms with Crippen molar-refractivity contribution < 1.29 is 4.79 Å². The van der Waals surface area contributed by atoms with Gasteiger partial charge in [0.15, 0.2) is 0 Å². The molecule has 2 aliphatic rings. The molecule has 21 heavy (non-hydrogen) atoms. The van der Waals surface area contributed by atoms with E-state index in [9.17, 15) is 4.79 Å². The first-order chi connectivity index (χ1) is 10.0. The van der Waals surface area contributed by atoms with Gasteiger partial charge in [-0.15, -0.1) is 0 Å². The van der Waals surface area contributed by atoms with Gasteiger partial charge in [0.1, 0.15) is 0 Å². The second-order valence-corrected chi connectivity index (χ2v) is 5.89. The Morgan fingerprint density at radius 1 is 1.00 bits per heavy atom. The normalized spacial score (nSPS) is 22.7. The van der Waals surface area contributed by atoms with Crippen molar-refractivity contribution in [2.75, 3.05) is 26.2 Å². The SMILES string of the molecule is C=C/C(N)=C(\C=C)N1CCN(C(=O)C2(N)CCCC2)CC1. The Hall–Kier alpha value is -1.75. The molecule has 0 bridgehead atoms. The van der Waals surface area contributed by atoms with Crippen LogP contribution in [0.4, 0.5) is 0 Å². The Balaban J connectivity index is 1.99. The van der Waals surface area contributed by atoms with E-state index in [2.05, 4.69) is 18.1 Å². The first kappa shape index (κ1) is 15.6. The topological polar surface area (TPSA) is 75.6 Å². The van der Waals surface area contributed by atoms with Crippen molar-refractivity contribution in [3.63, 3.8) is 0 Å². The minimum absolute atomic E-state index is 0.112. The maximum absolute atomic E-state index is 12.6. The molecule has 5 nitrogen and oxygen atoms in total. The van der Waals surface area contributed by atoms with Gasteiger partial charge >= 0.3 is 0 Å². The Morgan fingerprint density at radius 2 is 1.52 bits per heavy atom. The van der Waals surface area contributed by atoms with Crippen molar-refractivity contribution in [2.45, 2.75) is 31.2 Å². The van der Waals surface area contributed by atoms with Crippen LogP contribution in [-0.2, 0) is 4.79 Å². The minimum atomic E-state index is -0.626. The zero-order chi connectivity index (χ0) is 15.5. The van der Waals surface area contributed by atoms with E-state index in [1.807, 2.05) is 4.90 Å². The fraction of sp³-hybridized carbons (Fsp3) is 0.562. The summed E-state index contributed by atoms with van der Waals surface area (Å²) in [6.45, 7) is 10.4. The number of carbonyl (C=O) groups is 1. The maximum atomic E-state index is 12.6. The van der Waals surface area contributed by atoms with E-state index in [0.29, 0.717) is 18.8 Å². The van der Waals surface area contributed by atoms with E-state index in [0.717, 1.165) is 44.5 Å². The molecule has 5 heteroatoms. The number of nitrogens with zero attached hydrogens (tertiary/aromatic N) is 2.